The van der Waals surface area contributed by atoms with Gasteiger partial charge in [-0.2, -0.15) is 0 Å². The minimum absolute atomic E-state index is 0.137. The van der Waals surface area contributed by atoms with Crippen molar-refractivity contribution in [2.45, 2.75) is 104 Å². The highest BCUT2D eigenvalue weighted by atomic mass is 16.5. The highest BCUT2D eigenvalue weighted by Gasteiger charge is 2.48. The minimum atomic E-state index is -1.36. The zero-order chi connectivity index (χ0) is 26.7. The third-order valence-electron chi connectivity index (χ3n) is 6.04. The summed E-state index contributed by atoms with van der Waals surface area (Å²) in [6.07, 6.45) is 5.17. The van der Waals surface area contributed by atoms with E-state index in [0.717, 1.165) is 12.8 Å². The van der Waals surface area contributed by atoms with Crippen LogP contribution in [0.1, 0.15) is 91.9 Å². The van der Waals surface area contributed by atoms with E-state index in [1.807, 2.05) is 13.8 Å². The van der Waals surface area contributed by atoms with Gasteiger partial charge < -0.3 is 30.3 Å². The lowest BCUT2D eigenvalue weighted by atomic mass is 9.72. The van der Waals surface area contributed by atoms with Crippen LogP contribution in [0.4, 0.5) is 0 Å². The number of carbonyl (C=O) groups is 4. The zero-order valence-electron chi connectivity index (χ0n) is 21.9. The molecule has 0 aromatic rings. The fourth-order valence-corrected chi connectivity index (χ4v) is 4.10. The molecule has 10 nitrogen and oxygen atoms in total. The summed E-state index contributed by atoms with van der Waals surface area (Å²) in [5.41, 5.74) is -1.36. The highest BCUT2D eigenvalue weighted by molar-refractivity contribution is 5.86. The van der Waals surface area contributed by atoms with Crippen LogP contribution in [0.5, 0.6) is 0 Å². The third kappa shape index (κ3) is 12.4. The van der Waals surface area contributed by atoms with E-state index in [-0.39, 0.29) is 25.5 Å². The molecule has 0 fully saturated rings. The molecule has 0 aromatic heterocycles. The summed E-state index contributed by atoms with van der Waals surface area (Å²) in [6, 6.07) is -1.78. The average Bonchev–Trinajstić information content (AvgIpc) is 2.80. The van der Waals surface area contributed by atoms with E-state index in [4.69, 9.17) is 9.47 Å². The van der Waals surface area contributed by atoms with Gasteiger partial charge >= 0.3 is 23.9 Å². The van der Waals surface area contributed by atoms with Crippen LogP contribution in [0.2, 0.25) is 0 Å². The smallest absolute Gasteiger partial charge is 0.323 e. The van der Waals surface area contributed by atoms with Gasteiger partial charge in [0.15, 0.2) is 0 Å². The van der Waals surface area contributed by atoms with Gasteiger partial charge in [0.1, 0.15) is 12.1 Å². The molecule has 4 N–H and O–H groups in total. The van der Waals surface area contributed by atoms with E-state index < -0.39 is 35.4 Å². The van der Waals surface area contributed by atoms with Gasteiger partial charge in [-0.1, -0.05) is 46.0 Å². The van der Waals surface area contributed by atoms with Crippen LogP contribution in [0.15, 0.2) is 0 Å². The van der Waals surface area contributed by atoms with Crippen LogP contribution in [-0.2, 0) is 28.7 Å². The Bertz CT molecular complexity index is 633. The number of aliphatic carboxylic acids is 2. The molecular weight excluding hydrogens is 456 g/mol. The van der Waals surface area contributed by atoms with Crippen LogP contribution < -0.4 is 10.6 Å². The van der Waals surface area contributed by atoms with E-state index in [1.165, 1.54) is 0 Å². The Morgan fingerprint density at radius 1 is 0.800 bits per heavy atom. The first-order chi connectivity index (χ1) is 16.7. The Hall–Kier alpha value is -2.20. The van der Waals surface area contributed by atoms with Crippen LogP contribution in [-0.4, -0.2) is 72.5 Å². The molecule has 204 valence electrons. The number of hydrogen-bond donors (Lipinski definition) is 4. The number of unbranched alkanes of at least 4 members (excludes halogenated alkanes) is 3. The molecule has 0 aliphatic rings. The number of hydrogen-bond acceptors (Lipinski definition) is 8. The molecule has 0 rings (SSSR count). The molecule has 0 aliphatic heterocycles. The predicted molar refractivity (Wildman–Crippen MR) is 132 cm³/mol. The standard InChI is InChI=1S/C25H46N2O8/c1-5-9-15-25(24(32)33,16-10-6-2)21(22(29)30)27-17-12-11-13-19(23(31)35-8-4)26-18-14-20(28)34-7-3/h19,21,26-27H,5-18H2,1-4H3,(H,29,30)(H,32,33)/t19?,21-/m1/s1. The molecule has 0 spiro atoms. The van der Waals surface area contributed by atoms with Gasteiger partial charge in [-0.25, -0.2) is 0 Å². The van der Waals surface area contributed by atoms with Gasteiger partial charge in [-0.3, -0.25) is 19.2 Å². The first-order valence-corrected chi connectivity index (χ1v) is 12.9. The molecule has 1 unspecified atom stereocenters. The van der Waals surface area contributed by atoms with Crippen molar-refractivity contribution in [3.8, 4) is 0 Å². The SMILES string of the molecule is CCCCC(CCCC)(C(=O)O)[C@H](NCCCCC(NCCC(=O)OCC)C(=O)OCC)C(=O)O. The Labute approximate surface area is 209 Å². The lowest BCUT2D eigenvalue weighted by molar-refractivity contribution is -0.160. The molecule has 0 saturated heterocycles. The number of carboxylic acid groups (broad SMARTS) is 2. The van der Waals surface area contributed by atoms with Crippen molar-refractivity contribution in [1.29, 1.82) is 0 Å². The molecule has 35 heavy (non-hydrogen) atoms. The summed E-state index contributed by atoms with van der Waals surface area (Å²) < 4.78 is 9.99. The Morgan fingerprint density at radius 3 is 1.89 bits per heavy atom. The Balaban J connectivity index is 5.02. The minimum Gasteiger partial charge on any atom is -0.481 e. The van der Waals surface area contributed by atoms with Crippen LogP contribution in [0, 0.1) is 5.41 Å². The van der Waals surface area contributed by atoms with Crippen molar-refractivity contribution in [2.75, 3.05) is 26.3 Å². The molecule has 10 heteroatoms. The van der Waals surface area contributed by atoms with Gasteiger partial charge in [0.25, 0.3) is 0 Å². The fraction of sp³-hybridized carbons (Fsp3) is 0.840. The van der Waals surface area contributed by atoms with E-state index in [9.17, 15) is 29.4 Å². The van der Waals surface area contributed by atoms with Crippen molar-refractivity contribution in [3.05, 3.63) is 0 Å². The summed E-state index contributed by atoms with van der Waals surface area (Å²) in [7, 11) is 0. The Kier molecular flexibility index (Phi) is 17.8. The largest absolute Gasteiger partial charge is 0.481 e. The second-order valence-corrected chi connectivity index (χ2v) is 8.70. The van der Waals surface area contributed by atoms with Crippen LogP contribution in [0.3, 0.4) is 0 Å². The van der Waals surface area contributed by atoms with E-state index >= 15 is 0 Å². The number of esters is 2. The quantitative estimate of drug-likeness (QED) is 0.128. The molecule has 0 aliphatic carbocycles. The molecular formula is C25H46N2O8. The zero-order valence-corrected chi connectivity index (χ0v) is 21.9. The maximum atomic E-state index is 12.3. The third-order valence-corrected chi connectivity index (χ3v) is 6.04. The van der Waals surface area contributed by atoms with Crippen molar-refractivity contribution in [3.63, 3.8) is 0 Å². The lowest BCUT2D eigenvalue weighted by Gasteiger charge is -2.35. The fourth-order valence-electron chi connectivity index (χ4n) is 4.10. The number of ether oxygens (including phenoxy) is 2. The summed E-state index contributed by atoms with van der Waals surface area (Å²) >= 11 is 0. The summed E-state index contributed by atoms with van der Waals surface area (Å²) in [5, 5.41) is 25.9. The van der Waals surface area contributed by atoms with Gasteiger partial charge in [0.05, 0.1) is 25.0 Å². The second kappa shape index (κ2) is 19.0. The van der Waals surface area contributed by atoms with E-state index in [1.54, 1.807) is 13.8 Å². The molecule has 0 bridgehead atoms. The first kappa shape index (κ1) is 32.8. The van der Waals surface area contributed by atoms with Gasteiger partial charge in [-0.15, -0.1) is 0 Å². The highest BCUT2D eigenvalue weighted by Crippen LogP contribution is 2.36. The molecule has 0 saturated carbocycles. The monoisotopic (exact) mass is 502 g/mol. The van der Waals surface area contributed by atoms with Crippen molar-refractivity contribution in [1.82, 2.24) is 10.6 Å². The molecule has 0 radical (unpaired) electrons. The van der Waals surface area contributed by atoms with Gasteiger partial charge in [0.2, 0.25) is 0 Å². The maximum Gasteiger partial charge on any atom is 0.323 e. The lowest BCUT2D eigenvalue weighted by Crippen LogP contribution is -2.55. The van der Waals surface area contributed by atoms with Crippen LogP contribution >= 0.6 is 0 Å². The predicted octanol–water partition coefficient (Wildman–Crippen LogP) is 3.13. The summed E-state index contributed by atoms with van der Waals surface area (Å²) in [4.78, 5) is 48.2. The average molecular weight is 503 g/mol. The molecule has 0 aromatic carbocycles. The van der Waals surface area contributed by atoms with Crippen molar-refractivity contribution < 1.29 is 38.9 Å². The van der Waals surface area contributed by atoms with Gasteiger partial charge in [-0.05, 0) is 46.1 Å². The maximum absolute atomic E-state index is 12.3. The number of carbonyl (C=O) groups excluding carboxylic acids is 2. The summed E-state index contributed by atoms with van der Waals surface area (Å²) in [5.74, 6) is -2.99. The number of carboxylic acids is 2. The summed E-state index contributed by atoms with van der Waals surface area (Å²) in [6.45, 7) is 8.47. The van der Waals surface area contributed by atoms with Crippen LogP contribution in [0.25, 0.3) is 0 Å². The normalized spacial score (nSPS) is 13.1. The van der Waals surface area contributed by atoms with Crippen molar-refractivity contribution in [2.24, 2.45) is 5.41 Å². The topological polar surface area (TPSA) is 151 Å². The Morgan fingerprint density at radius 2 is 1.40 bits per heavy atom. The van der Waals surface area contributed by atoms with E-state index in [0.29, 0.717) is 58.1 Å². The van der Waals surface area contributed by atoms with E-state index in [2.05, 4.69) is 10.6 Å². The van der Waals surface area contributed by atoms with Gasteiger partial charge in [0, 0.05) is 6.54 Å². The van der Waals surface area contributed by atoms with Crippen molar-refractivity contribution >= 4 is 23.9 Å². The molecule has 2 atom stereocenters. The number of nitrogens with one attached hydrogen (secondary N) is 2. The molecule has 0 heterocycles. The molecule has 0 amide bonds. The second-order valence-electron chi connectivity index (χ2n) is 8.70. The number of rotatable bonds is 22. The first-order valence-electron chi connectivity index (χ1n) is 12.9.